The van der Waals surface area contributed by atoms with E-state index < -0.39 is 11.6 Å². The molecular formula is C31H38N2O6S4. The summed E-state index contributed by atoms with van der Waals surface area (Å²) in [6, 6.07) is 0. The molecule has 2 amide bonds. The lowest BCUT2D eigenvalue weighted by Gasteiger charge is -2.21. The van der Waals surface area contributed by atoms with E-state index in [9.17, 15) is 9.59 Å². The standard InChI is InChI=1S/C31H38N2O6S4/c1-28(2)36-18-14(19-21(39-29(3,4)37-19)16(20(18)38-28)26(34)32(9)10)13-15-22-24(42-30(5,6)40-22)17(27(35)33(11)12)25-23(15)41-31(7,8)43-25/h13H2,1-12H3. The fourth-order valence-corrected chi connectivity index (χ4v) is 11.5. The zero-order valence-electron chi connectivity index (χ0n) is 26.7. The normalized spacial score (nSPS) is 20.6. The van der Waals surface area contributed by atoms with Gasteiger partial charge in [0.15, 0.2) is 23.0 Å². The van der Waals surface area contributed by atoms with Crippen LogP contribution in [-0.2, 0) is 6.42 Å². The highest BCUT2D eigenvalue weighted by Crippen LogP contribution is 2.67. The molecule has 0 atom stereocenters. The molecule has 8 nitrogen and oxygen atoms in total. The van der Waals surface area contributed by atoms with Crippen LogP contribution in [0.25, 0.3) is 0 Å². The number of hydrogen-bond acceptors (Lipinski definition) is 10. The fourth-order valence-electron chi connectivity index (χ4n) is 5.62. The average molecular weight is 663 g/mol. The van der Waals surface area contributed by atoms with Gasteiger partial charge in [-0.3, -0.25) is 9.59 Å². The van der Waals surface area contributed by atoms with Gasteiger partial charge < -0.3 is 28.7 Å². The lowest BCUT2D eigenvalue weighted by atomic mass is 9.97. The van der Waals surface area contributed by atoms with Crippen molar-refractivity contribution in [3.05, 3.63) is 22.3 Å². The van der Waals surface area contributed by atoms with Gasteiger partial charge in [-0.25, -0.2) is 0 Å². The van der Waals surface area contributed by atoms with Crippen molar-refractivity contribution in [2.24, 2.45) is 0 Å². The predicted octanol–water partition coefficient (Wildman–Crippen LogP) is 7.56. The van der Waals surface area contributed by atoms with Crippen LogP contribution in [0.1, 0.15) is 87.2 Å². The Hall–Kier alpha value is -2.02. The molecule has 6 rings (SSSR count). The lowest BCUT2D eigenvalue weighted by Crippen LogP contribution is -2.32. The molecule has 0 aliphatic carbocycles. The third-order valence-electron chi connectivity index (χ3n) is 7.21. The molecule has 232 valence electrons. The molecule has 0 radical (unpaired) electrons. The average Bonchev–Trinajstić information content (AvgIpc) is 3.55. The van der Waals surface area contributed by atoms with Crippen LogP contribution in [0.3, 0.4) is 0 Å². The van der Waals surface area contributed by atoms with E-state index in [-0.39, 0.29) is 20.0 Å². The van der Waals surface area contributed by atoms with Gasteiger partial charge in [0.1, 0.15) is 5.56 Å². The summed E-state index contributed by atoms with van der Waals surface area (Å²) < 4.78 is 25.3. The molecule has 0 spiro atoms. The summed E-state index contributed by atoms with van der Waals surface area (Å²) in [6.07, 6.45) is 0.453. The van der Waals surface area contributed by atoms with Crippen molar-refractivity contribution < 1.29 is 28.5 Å². The minimum Gasteiger partial charge on any atom is -0.449 e. The number of fused-ring (bicyclic) bond motifs is 4. The second-order valence-corrected chi connectivity index (χ2v) is 20.4. The van der Waals surface area contributed by atoms with Gasteiger partial charge in [0.05, 0.1) is 13.7 Å². The van der Waals surface area contributed by atoms with Crippen molar-refractivity contribution in [3.8, 4) is 23.0 Å². The van der Waals surface area contributed by atoms with Gasteiger partial charge in [-0.2, -0.15) is 0 Å². The van der Waals surface area contributed by atoms with Crippen molar-refractivity contribution in [1.82, 2.24) is 9.80 Å². The monoisotopic (exact) mass is 662 g/mol. The van der Waals surface area contributed by atoms with Crippen LogP contribution in [0, 0.1) is 0 Å². The van der Waals surface area contributed by atoms with Crippen LogP contribution >= 0.6 is 47.0 Å². The SMILES string of the molecule is CN(C)C(=O)c1c2c(c(Cc3c4c(c(C(=O)N(C)C)c5c3SC(C)(C)S5)SC(C)(C)S4)c3c1OC(C)(C)O3)OC(C)(C)O2. The molecule has 4 aliphatic rings. The Morgan fingerprint density at radius 1 is 0.535 bits per heavy atom. The van der Waals surface area contributed by atoms with Gasteiger partial charge in [0, 0.05) is 87.5 Å². The molecule has 0 aromatic heterocycles. The van der Waals surface area contributed by atoms with E-state index in [2.05, 4.69) is 27.7 Å². The highest BCUT2D eigenvalue weighted by molar-refractivity contribution is 8.21. The predicted molar refractivity (Wildman–Crippen MR) is 174 cm³/mol. The Kier molecular flexibility index (Phi) is 7.02. The van der Waals surface area contributed by atoms with E-state index in [4.69, 9.17) is 18.9 Å². The first-order valence-electron chi connectivity index (χ1n) is 14.1. The number of ether oxygens (including phenoxy) is 4. The minimum absolute atomic E-state index is 0.0148. The molecule has 4 aliphatic heterocycles. The number of rotatable bonds is 4. The molecule has 2 aromatic rings. The van der Waals surface area contributed by atoms with Crippen molar-refractivity contribution in [2.45, 2.75) is 101 Å². The van der Waals surface area contributed by atoms with Crippen molar-refractivity contribution >= 4 is 58.9 Å². The van der Waals surface area contributed by atoms with Crippen LogP contribution in [0.5, 0.6) is 23.0 Å². The molecule has 0 unspecified atom stereocenters. The zero-order chi connectivity index (χ0) is 31.6. The Balaban J connectivity index is 1.64. The second kappa shape index (κ2) is 9.74. The number of carbonyl (C=O) groups excluding carboxylic acids is 2. The topological polar surface area (TPSA) is 77.5 Å². The number of nitrogens with zero attached hydrogens (tertiary/aromatic N) is 2. The maximum Gasteiger partial charge on any atom is 0.261 e. The number of thioether (sulfide) groups is 4. The van der Waals surface area contributed by atoms with E-state index in [0.717, 1.165) is 36.3 Å². The van der Waals surface area contributed by atoms with E-state index in [1.54, 1.807) is 66.0 Å². The molecule has 0 N–H and O–H groups in total. The van der Waals surface area contributed by atoms with E-state index in [1.165, 1.54) is 4.90 Å². The van der Waals surface area contributed by atoms with Crippen LogP contribution in [0.2, 0.25) is 0 Å². The van der Waals surface area contributed by atoms with Crippen molar-refractivity contribution in [3.63, 3.8) is 0 Å². The van der Waals surface area contributed by atoms with E-state index in [0.29, 0.717) is 35.0 Å². The summed E-state index contributed by atoms with van der Waals surface area (Å²) in [7, 11) is 7.03. The lowest BCUT2D eigenvalue weighted by molar-refractivity contribution is -0.0491. The van der Waals surface area contributed by atoms with Crippen LogP contribution in [-0.4, -0.2) is 69.5 Å². The first-order chi connectivity index (χ1) is 19.7. The van der Waals surface area contributed by atoms with E-state index >= 15 is 0 Å². The molecule has 0 fully saturated rings. The van der Waals surface area contributed by atoms with Gasteiger partial charge >= 0.3 is 0 Å². The molecule has 0 saturated heterocycles. The van der Waals surface area contributed by atoms with Crippen molar-refractivity contribution in [2.75, 3.05) is 28.2 Å². The Bertz CT molecular complexity index is 1400. The number of carbonyl (C=O) groups is 2. The summed E-state index contributed by atoms with van der Waals surface area (Å²) >= 11 is 7.08. The molecule has 0 saturated carbocycles. The van der Waals surface area contributed by atoms with Gasteiger partial charge in [-0.15, -0.1) is 47.0 Å². The van der Waals surface area contributed by atoms with Crippen molar-refractivity contribution in [1.29, 1.82) is 0 Å². The maximum absolute atomic E-state index is 13.7. The number of benzene rings is 2. The fraction of sp³-hybridized carbons (Fsp3) is 0.548. The van der Waals surface area contributed by atoms with E-state index in [1.807, 2.05) is 41.8 Å². The molecule has 0 bridgehead atoms. The number of hydrogen-bond donors (Lipinski definition) is 0. The van der Waals surface area contributed by atoms with Crippen LogP contribution in [0.4, 0.5) is 0 Å². The highest BCUT2D eigenvalue weighted by atomic mass is 32.2. The molecule has 2 aromatic carbocycles. The maximum atomic E-state index is 13.7. The summed E-state index contributed by atoms with van der Waals surface area (Å²) in [5, 5.41) is 0. The van der Waals surface area contributed by atoms with Crippen LogP contribution < -0.4 is 18.9 Å². The summed E-state index contributed by atoms with van der Waals surface area (Å²) in [5.74, 6) is -0.486. The van der Waals surface area contributed by atoms with Gasteiger partial charge in [0.25, 0.3) is 11.8 Å². The smallest absolute Gasteiger partial charge is 0.261 e. The van der Waals surface area contributed by atoms with Gasteiger partial charge in [-0.1, -0.05) is 0 Å². The summed E-state index contributed by atoms with van der Waals surface area (Å²) in [6.45, 7) is 16.1. The zero-order valence-corrected chi connectivity index (χ0v) is 30.0. The second-order valence-electron chi connectivity index (χ2n) is 13.3. The third kappa shape index (κ3) is 5.13. The molecule has 43 heavy (non-hydrogen) atoms. The largest absolute Gasteiger partial charge is 0.449 e. The first kappa shape index (κ1) is 31.0. The third-order valence-corrected chi connectivity index (χ3v) is 13.0. The van der Waals surface area contributed by atoms with Gasteiger partial charge in [-0.05, 0) is 33.3 Å². The first-order valence-corrected chi connectivity index (χ1v) is 17.4. The summed E-state index contributed by atoms with van der Waals surface area (Å²) in [5.41, 5.74) is 2.99. The highest BCUT2D eigenvalue weighted by Gasteiger charge is 2.49. The van der Waals surface area contributed by atoms with Gasteiger partial charge in [0.2, 0.25) is 11.6 Å². The summed E-state index contributed by atoms with van der Waals surface area (Å²) in [4.78, 5) is 34.7. The quantitative estimate of drug-likeness (QED) is 0.327. The number of amides is 2. The minimum atomic E-state index is -0.992. The molecular weight excluding hydrogens is 625 g/mol. The molecule has 12 heteroatoms. The molecule has 4 heterocycles. The Labute approximate surface area is 270 Å². The van der Waals surface area contributed by atoms with Crippen LogP contribution in [0.15, 0.2) is 19.6 Å². The Morgan fingerprint density at radius 3 is 1.28 bits per heavy atom. The Morgan fingerprint density at radius 2 is 0.884 bits per heavy atom.